The van der Waals surface area contributed by atoms with Crippen molar-refractivity contribution in [2.45, 2.75) is 73.1 Å². The van der Waals surface area contributed by atoms with Gasteiger partial charge in [-0.2, -0.15) is 0 Å². The third-order valence-corrected chi connectivity index (χ3v) is 6.33. The normalized spacial score (nSPS) is 11.1. The number of aryl methyl sites for hydroxylation is 3. The van der Waals surface area contributed by atoms with Crippen LogP contribution in [0.15, 0.2) is 54.6 Å². The number of hydrogen-bond acceptors (Lipinski definition) is 0. The average molecular weight is 385 g/mol. The summed E-state index contributed by atoms with van der Waals surface area (Å²) in [6.45, 7) is 11.4. The van der Waals surface area contributed by atoms with Crippen LogP contribution in [0.3, 0.4) is 0 Å². The van der Waals surface area contributed by atoms with Crippen LogP contribution < -0.4 is 0 Å². The fourth-order valence-corrected chi connectivity index (χ4v) is 4.53. The monoisotopic (exact) mass is 384 g/mol. The minimum atomic E-state index is 1.03. The molecule has 0 amide bonds. The van der Waals surface area contributed by atoms with E-state index in [1.54, 1.807) is 16.7 Å². The van der Waals surface area contributed by atoms with Gasteiger partial charge in [-0.15, -0.1) is 0 Å². The van der Waals surface area contributed by atoms with Gasteiger partial charge in [0.15, 0.2) is 0 Å². The first kappa shape index (κ1) is 21.4. The zero-order valence-corrected chi connectivity index (χ0v) is 18.9. The van der Waals surface area contributed by atoms with Gasteiger partial charge in [-0.3, -0.25) is 0 Å². The molecule has 29 heavy (non-hydrogen) atoms. The molecular weight excluding hydrogens is 348 g/mol. The molecule has 0 radical (unpaired) electrons. The largest absolute Gasteiger partial charge is 0.0613 e. The molecule has 0 saturated heterocycles. The van der Waals surface area contributed by atoms with E-state index in [9.17, 15) is 0 Å². The van der Waals surface area contributed by atoms with Crippen molar-refractivity contribution in [3.05, 3.63) is 105 Å². The molecule has 0 aliphatic heterocycles. The van der Waals surface area contributed by atoms with Crippen molar-refractivity contribution < 1.29 is 0 Å². The molecule has 152 valence electrons. The molecule has 0 fully saturated rings. The van der Waals surface area contributed by atoms with Gasteiger partial charge in [0, 0.05) is 0 Å². The molecule has 0 heterocycles. The van der Waals surface area contributed by atoms with Gasteiger partial charge in [-0.25, -0.2) is 0 Å². The van der Waals surface area contributed by atoms with E-state index in [1.807, 2.05) is 0 Å². The smallest absolute Gasteiger partial charge is 0.00203 e. The molecular formula is C29H36. The van der Waals surface area contributed by atoms with Crippen LogP contribution in [0, 0.1) is 6.92 Å². The Morgan fingerprint density at radius 1 is 0.483 bits per heavy atom. The van der Waals surface area contributed by atoms with E-state index in [-0.39, 0.29) is 0 Å². The molecule has 0 spiro atoms. The Balaban J connectivity index is 1.95. The fraction of sp³-hybridized carbons (Fsp3) is 0.379. The van der Waals surface area contributed by atoms with Crippen LogP contribution in [0.5, 0.6) is 0 Å². The Labute approximate surface area is 178 Å². The minimum absolute atomic E-state index is 1.03. The van der Waals surface area contributed by atoms with E-state index < -0.39 is 0 Å². The summed E-state index contributed by atoms with van der Waals surface area (Å²) >= 11 is 0. The zero-order chi connectivity index (χ0) is 20.8. The van der Waals surface area contributed by atoms with E-state index in [2.05, 4.69) is 89.2 Å². The molecule has 0 bridgehead atoms. The van der Waals surface area contributed by atoms with Crippen molar-refractivity contribution >= 4 is 0 Å². The highest BCUT2D eigenvalue weighted by atomic mass is 14.2. The first-order valence-electron chi connectivity index (χ1n) is 11.4. The van der Waals surface area contributed by atoms with Gasteiger partial charge in [0.1, 0.15) is 0 Å². The summed E-state index contributed by atoms with van der Waals surface area (Å²) in [5.41, 5.74) is 13.3. The van der Waals surface area contributed by atoms with Crippen molar-refractivity contribution in [1.82, 2.24) is 0 Å². The lowest BCUT2D eigenvalue weighted by Gasteiger charge is -2.21. The van der Waals surface area contributed by atoms with Crippen molar-refractivity contribution in [2.75, 3.05) is 0 Å². The lowest BCUT2D eigenvalue weighted by molar-refractivity contribution is 0.949. The quantitative estimate of drug-likeness (QED) is 0.379. The maximum absolute atomic E-state index is 2.46. The van der Waals surface area contributed by atoms with Crippen molar-refractivity contribution in [1.29, 1.82) is 0 Å². The highest BCUT2D eigenvalue weighted by Gasteiger charge is 2.15. The summed E-state index contributed by atoms with van der Waals surface area (Å²) in [4.78, 5) is 0. The molecule has 3 aromatic rings. The third kappa shape index (κ3) is 4.99. The molecule has 0 heteroatoms. The Hall–Kier alpha value is -2.34. The van der Waals surface area contributed by atoms with E-state index >= 15 is 0 Å². The summed E-state index contributed by atoms with van der Waals surface area (Å²) in [6, 6.07) is 20.8. The van der Waals surface area contributed by atoms with Gasteiger partial charge in [-0.1, -0.05) is 82.3 Å². The van der Waals surface area contributed by atoms with E-state index in [1.165, 1.54) is 33.4 Å². The lowest BCUT2D eigenvalue weighted by Crippen LogP contribution is -2.07. The fourth-order valence-electron chi connectivity index (χ4n) is 4.53. The molecule has 3 aromatic carbocycles. The van der Waals surface area contributed by atoms with Gasteiger partial charge >= 0.3 is 0 Å². The molecule has 0 aromatic heterocycles. The Bertz CT molecular complexity index is 927. The SMILES string of the molecule is CCc1ccc(Cc2cc(C)c(Cc3ccc(CC)cc3)c(CC)c2CC)cc1. The number of rotatable bonds is 8. The molecule has 0 nitrogen and oxygen atoms in total. The minimum Gasteiger partial charge on any atom is -0.0613 e. The Morgan fingerprint density at radius 2 is 0.931 bits per heavy atom. The highest BCUT2D eigenvalue weighted by molar-refractivity contribution is 5.49. The summed E-state index contributed by atoms with van der Waals surface area (Å²) in [5, 5.41) is 0. The lowest BCUT2D eigenvalue weighted by atomic mass is 9.84. The van der Waals surface area contributed by atoms with Gasteiger partial charge in [-0.05, 0) is 95.5 Å². The van der Waals surface area contributed by atoms with E-state index in [0.29, 0.717) is 0 Å². The van der Waals surface area contributed by atoms with Gasteiger partial charge in [0.05, 0.1) is 0 Å². The summed E-state index contributed by atoms with van der Waals surface area (Å²) < 4.78 is 0. The topological polar surface area (TPSA) is 0 Å². The third-order valence-electron chi connectivity index (χ3n) is 6.33. The second-order valence-corrected chi connectivity index (χ2v) is 8.19. The Kier molecular flexibility index (Phi) is 7.31. The van der Waals surface area contributed by atoms with Gasteiger partial charge < -0.3 is 0 Å². The van der Waals surface area contributed by atoms with E-state index in [0.717, 1.165) is 38.5 Å². The Morgan fingerprint density at radius 3 is 1.38 bits per heavy atom. The van der Waals surface area contributed by atoms with Crippen molar-refractivity contribution in [3.63, 3.8) is 0 Å². The molecule has 3 rings (SSSR count). The number of hydrogen-bond donors (Lipinski definition) is 0. The van der Waals surface area contributed by atoms with Gasteiger partial charge in [0.25, 0.3) is 0 Å². The highest BCUT2D eigenvalue weighted by Crippen LogP contribution is 2.29. The molecule has 0 aliphatic carbocycles. The predicted molar refractivity (Wildman–Crippen MR) is 127 cm³/mol. The van der Waals surface area contributed by atoms with Crippen LogP contribution in [0.25, 0.3) is 0 Å². The first-order chi connectivity index (χ1) is 14.1. The van der Waals surface area contributed by atoms with Crippen LogP contribution in [0.1, 0.15) is 77.8 Å². The van der Waals surface area contributed by atoms with Crippen molar-refractivity contribution in [2.24, 2.45) is 0 Å². The van der Waals surface area contributed by atoms with Crippen LogP contribution >= 0.6 is 0 Å². The van der Waals surface area contributed by atoms with Crippen LogP contribution in [-0.2, 0) is 38.5 Å². The zero-order valence-electron chi connectivity index (χ0n) is 18.9. The number of benzene rings is 3. The van der Waals surface area contributed by atoms with E-state index in [4.69, 9.17) is 0 Å². The maximum Gasteiger partial charge on any atom is -0.00203 e. The molecule has 0 saturated carbocycles. The average Bonchev–Trinajstić information content (AvgIpc) is 2.76. The van der Waals surface area contributed by atoms with Gasteiger partial charge in [0.2, 0.25) is 0 Å². The first-order valence-corrected chi connectivity index (χ1v) is 11.4. The summed E-state index contributed by atoms with van der Waals surface area (Å²) in [5.74, 6) is 0. The van der Waals surface area contributed by atoms with Crippen molar-refractivity contribution in [3.8, 4) is 0 Å². The van der Waals surface area contributed by atoms with Crippen LogP contribution in [0.4, 0.5) is 0 Å². The van der Waals surface area contributed by atoms with Crippen LogP contribution in [-0.4, -0.2) is 0 Å². The summed E-state index contributed by atoms with van der Waals surface area (Å²) in [6.07, 6.45) is 6.49. The molecule has 0 N–H and O–H groups in total. The molecule has 0 aliphatic rings. The molecule has 0 unspecified atom stereocenters. The van der Waals surface area contributed by atoms with Crippen LogP contribution in [0.2, 0.25) is 0 Å². The predicted octanol–water partition coefficient (Wildman–Crippen LogP) is 7.43. The second-order valence-electron chi connectivity index (χ2n) is 8.19. The summed E-state index contributed by atoms with van der Waals surface area (Å²) in [7, 11) is 0. The second kappa shape index (κ2) is 9.92. The molecule has 0 atom stereocenters. The standard InChI is InChI=1S/C29H36/c1-6-22-10-14-24(15-11-22)19-26-18-21(5)29(28(9-4)27(26)8-3)20-25-16-12-23(7-2)13-17-25/h10-18H,6-9,19-20H2,1-5H3. The maximum atomic E-state index is 2.46.